The van der Waals surface area contributed by atoms with Crippen molar-refractivity contribution in [2.75, 3.05) is 13.6 Å². The van der Waals surface area contributed by atoms with Gasteiger partial charge in [-0.25, -0.2) is 0 Å². The maximum absolute atomic E-state index is 11.9. The molecule has 0 radical (unpaired) electrons. The molecule has 26 heavy (non-hydrogen) atoms. The summed E-state index contributed by atoms with van der Waals surface area (Å²) in [5.74, 6) is 0.782. The number of hydrogen-bond donors (Lipinski definition) is 3. The van der Waals surface area contributed by atoms with Gasteiger partial charge in [-0.3, -0.25) is 9.79 Å². The summed E-state index contributed by atoms with van der Waals surface area (Å²) in [5, 5.41) is 9.51. The van der Waals surface area contributed by atoms with Crippen LogP contribution in [-0.4, -0.2) is 31.5 Å². The molecular weight excluding hydrogens is 439 g/mol. The van der Waals surface area contributed by atoms with Gasteiger partial charge in [0.1, 0.15) is 0 Å². The van der Waals surface area contributed by atoms with E-state index in [4.69, 9.17) is 0 Å². The van der Waals surface area contributed by atoms with Crippen molar-refractivity contribution in [3.8, 4) is 0 Å². The number of guanidine groups is 1. The molecule has 0 spiro atoms. The first-order valence-electron chi connectivity index (χ1n) is 9.08. The minimum Gasteiger partial charge on any atom is -0.356 e. The minimum absolute atomic E-state index is 0. The molecule has 1 unspecified atom stereocenters. The Morgan fingerprint density at radius 2 is 1.81 bits per heavy atom. The highest BCUT2D eigenvalue weighted by molar-refractivity contribution is 14.0. The summed E-state index contributed by atoms with van der Waals surface area (Å²) in [5.41, 5.74) is 1.44. The highest BCUT2D eigenvalue weighted by atomic mass is 127. The number of hydrogen-bond acceptors (Lipinski definition) is 2. The second-order valence-corrected chi connectivity index (χ2v) is 7.66. The van der Waals surface area contributed by atoms with E-state index in [-0.39, 0.29) is 29.9 Å². The zero-order valence-corrected chi connectivity index (χ0v) is 19.1. The molecule has 1 aromatic rings. The van der Waals surface area contributed by atoms with Crippen molar-refractivity contribution >= 4 is 35.8 Å². The molecule has 0 aromatic heterocycles. The first-order valence-corrected chi connectivity index (χ1v) is 9.08. The van der Waals surface area contributed by atoms with Gasteiger partial charge in [0.25, 0.3) is 0 Å². The fraction of sp³-hybridized carbons (Fsp3) is 0.600. The predicted octanol–water partition coefficient (Wildman–Crippen LogP) is 3.69. The Bertz CT molecular complexity index is 540. The molecule has 1 aromatic carbocycles. The topological polar surface area (TPSA) is 65.5 Å². The first-order chi connectivity index (χ1) is 11.8. The van der Waals surface area contributed by atoms with Gasteiger partial charge in [-0.05, 0) is 30.7 Å². The van der Waals surface area contributed by atoms with Gasteiger partial charge in [0.15, 0.2) is 5.96 Å². The Hall–Kier alpha value is -1.31. The summed E-state index contributed by atoms with van der Waals surface area (Å²) in [4.78, 5) is 16.1. The Labute approximate surface area is 175 Å². The number of aliphatic imine (C=N–C) groups is 1. The van der Waals surface area contributed by atoms with Crippen LogP contribution in [0.5, 0.6) is 0 Å². The number of nitrogens with zero attached hydrogens (tertiary/aromatic N) is 1. The normalized spacial score (nSPS) is 12.7. The molecule has 1 amide bonds. The average molecular weight is 474 g/mol. The zero-order valence-electron chi connectivity index (χ0n) is 16.8. The van der Waals surface area contributed by atoms with Gasteiger partial charge in [0.2, 0.25) is 5.91 Å². The summed E-state index contributed by atoms with van der Waals surface area (Å²) < 4.78 is 0. The molecule has 0 aliphatic heterocycles. The number of halogens is 1. The molecular formula is C20H35IN4O. The molecule has 6 heteroatoms. The van der Waals surface area contributed by atoms with E-state index < -0.39 is 0 Å². The standard InChI is InChI=1S/C20H34N4O.HI/c1-16(11-13-20(2,3)4)24-19(21-5)22-14-12-18(25)23-15-17-9-7-6-8-10-17;/h6-10,16H,11-15H2,1-5H3,(H,23,25)(H2,21,22,24);1H. The highest BCUT2D eigenvalue weighted by Gasteiger charge is 2.13. The SMILES string of the molecule is CN=C(NCCC(=O)NCc1ccccc1)NC(C)CCC(C)(C)C.I. The van der Waals surface area contributed by atoms with E-state index in [9.17, 15) is 4.79 Å². The van der Waals surface area contributed by atoms with Crippen molar-refractivity contribution in [3.63, 3.8) is 0 Å². The van der Waals surface area contributed by atoms with Gasteiger partial charge < -0.3 is 16.0 Å². The van der Waals surface area contributed by atoms with Crippen LogP contribution in [-0.2, 0) is 11.3 Å². The van der Waals surface area contributed by atoms with Crippen molar-refractivity contribution in [2.45, 2.75) is 59.5 Å². The van der Waals surface area contributed by atoms with Crippen LogP contribution < -0.4 is 16.0 Å². The third-order valence-corrected chi connectivity index (χ3v) is 3.91. The second-order valence-electron chi connectivity index (χ2n) is 7.66. The molecule has 3 N–H and O–H groups in total. The van der Waals surface area contributed by atoms with Crippen LogP contribution in [0.1, 0.15) is 52.5 Å². The van der Waals surface area contributed by atoms with Gasteiger partial charge in [-0.1, -0.05) is 51.1 Å². The molecule has 148 valence electrons. The summed E-state index contributed by atoms with van der Waals surface area (Å²) in [7, 11) is 1.75. The lowest BCUT2D eigenvalue weighted by atomic mass is 9.89. The van der Waals surface area contributed by atoms with E-state index in [1.54, 1.807) is 7.05 Å². The summed E-state index contributed by atoms with van der Waals surface area (Å²) >= 11 is 0. The van der Waals surface area contributed by atoms with Crippen molar-refractivity contribution in [3.05, 3.63) is 35.9 Å². The third-order valence-electron chi connectivity index (χ3n) is 3.91. The van der Waals surface area contributed by atoms with E-state index in [0.717, 1.165) is 24.4 Å². The number of carbonyl (C=O) groups excluding carboxylic acids is 1. The van der Waals surface area contributed by atoms with Crippen molar-refractivity contribution in [1.29, 1.82) is 0 Å². The van der Waals surface area contributed by atoms with Crippen molar-refractivity contribution in [1.82, 2.24) is 16.0 Å². The van der Waals surface area contributed by atoms with E-state index in [1.807, 2.05) is 30.3 Å². The highest BCUT2D eigenvalue weighted by Crippen LogP contribution is 2.21. The fourth-order valence-electron chi connectivity index (χ4n) is 2.33. The molecule has 1 atom stereocenters. The second kappa shape index (κ2) is 12.9. The first kappa shape index (κ1) is 24.7. The maximum atomic E-state index is 11.9. The van der Waals surface area contributed by atoms with Crippen LogP contribution in [0.2, 0.25) is 0 Å². The van der Waals surface area contributed by atoms with Crippen molar-refractivity contribution < 1.29 is 4.79 Å². The monoisotopic (exact) mass is 474 g/mol. The lowest BCUT2D eigenvalue weighted by Crippen LogP contribution is -2.43. The Morgan fingerprint density at radius 1 is 1.15 bits per heavy atom. The van der Waals surface area contributed by atoms with Gasteiger partial charge in [-0.2, -0.15) is 0 Å². The lowest BCUT2D eigenvalue weighted by molar-refractivity contribution is -0.121. The number of carbonyl (C=O) groups is 1. The third kappa shape index (κ3) is 12.1. The molecule has 0 fully saturated rings. The van der Waals surface area contributed by atoms with Crippen LogP contribution in [0, 0.1) is 5.41 Å². The molecule has 0 saturated carbocycles. The predicted molar refractivity (Wildman–Crippen MR) is 121 cm³/mol. The molecule has 0 aliphatic rings. The van der Waals surface area contributed by atoms with Crippen LogP contribution in [0.15, 0.2) is 35.3 Å². The van der Waals surface area contributed by atoms with Crippen LogP contribution in [0.3, 0.4) is 0 Å². The molecule has 5 nitrogen and oxygen atoms in total. The number of nitrogens with one attached hydrogen (secondary N) is 3. The lowest BCUT2D eigenvalue weighted by Gasteiger charge is -2.23. The van der Waals surface area contributed by atoms with Gasteiger partial charge in [-0.15, -0.1) is 24.0 Å². The molecule has 0 aliphatic carbocycles. The van der Waals surface area contributed by atoms with E-state index in [1.165, 1.54) is 0 Å². The maximum Gasteiger partial charge on any atom is 0.222 e. The summed E-state index contributed by atoms with van der Waals surface area (Å²) in [6, 6.07) is 10.3. The Kier molecular flexibility index (Phi) is 12.3. The van der Waals surface area contributed by atoms with Gasteiger partial charge in [0.05, 0.1) is 0 Å². The number of benzene rings is 1. The molecule has 0 saturated heterocycles. The quantitative estimate of drug-likeness (QED) is 0.306. The Balaban J connectivity index is 0.00000625. The fourth-order valence-corrected chi connectivity index (χ4v) is 2.33. The number of rotatable bonds is 8. The largest absolute Gasteiger partial charge is 0.356 e. The van der Waals surface area contributed by atoms with E-state index in [0.29, 0.717) is 31.0 Å². The van der Waals surface area contributed by atoms with Crippen molar-refractivity contribution in [2.24, 2.45) is 10.4 Å². The molecule has 0 heterocycles. The van der Waals surface area contributed by atoms with E-state index in [2.05, 4.69) is 48.6 Å². The molecule has 1 rings (SSSR count). The average Bonchev–Trinajstić information content (AvgIpc) is 2.57. The zero-order chi connectivity index (χ0) is 18.7. The van der Waals surface area contributed by atoms with Crippen LogP contribution in [0.4, 0.5) is 0 Å². The summed E-state index contributed by atoms with van der Waals surface area (Å²) in [6.45, 7) is 10.0. The molecule has 0 bridgehead atoms. The van der Waals surface area contributed by atoms with Gasteiger partial charge >= 0.3 is 0 Å². The van der Waals surface area contributed by atoms with Crippen LogP contribution >= 0.6 is 24.0 Å². The van der Waals surface area contributed by atoms with E-state index >= 15 is 0 Å². The summed E-state index contributed by atoms with van der Waals surface area (Å²) in [6.07, 6.45) is 2.66. The van der Waals surface area contributed by atoms with Gasteiger partial charge in [0, 0.05) is 32.6 Å². The van der Waals surface area contributed by atoms with Crippen LogP contribution in [0.25, 0.3) is 0 Å². The Morgan fingerprint density at radius 3 is 2.38 bits per heavy atom. The minimum atomic E-state index is 0. The smallest absolute Gasteiger partial charge is 0.222 e. The number of amides is 1.